The first-order chi connectivity index (χ1) is 11.2. The molecule has 8 nitrogen and oxygen atoms in total. The average Bonchev–Trinajstić information content (AvgIpc) is 2.53. The monoisotopic (exact) mass is 337 g/mol. The molecule has 0 aromatic heterocycles. The summed E-state index contributed by atoms with van der Waals surface area (Å²) in [5.41, 5.74) is 0.781. The Kier molecular flexibility index (Phi) is 4.95. The van der Waals surface area contributed by atoms with Crippen LogP contribution in [0.25, 0.3) is 5.57 Å². The molecule has 0 radical (unpaired) electrons. The molecule has 0 spiro atoms. The first kappa shape index (κ1) is 18.0. The molecule has 130 valence electrons. The van der Waals surface area contributed by atoms with Gasteiger partial charge in [-0.1, -0.05) is 0 Å². The van der Waals surface area contributed by atoms with Crippen LogP contribution >= 0.6 is 0 Å². The van der Waals surface area contributed by atoms with E-state index in [1.165, 1.54) is 19.2 Å². The van der Waals surface area contributed by atoms with E-state index in [9.17, 15) is 20.3 Å². The van der Waals surface area contributed by atoms with E-state index in [1.54, 1.807) is 31.2 Å². The fraction of sp³-hybridized carbons (Fsp3) is 0.312. The zero-order valence-corrected chi connectivity index (χ0v) is 13.9. The van der Waals surface area contributed by atoms with Crippen molar-refractivity contribution in [3.05, 3.63) is 41.3 Å². The molecule has 0 amide bonds. The van der Waals surface area contributed by atoms with Gasteiger partial charge >= 0.3 is 0 Å². The second-order valence-corrected chi connectivity index (χ2v) is 5.48. The molecule has 1 aliphatic rings. The second kappa shape index (κ2) is 6.62. The molecule has 0 saturated heterocycles. The van der Waals surface area contributed by atoms with E-state index in [0.29, 0.717) is 23.3 Å². The molecule has 0 fully saturated rings. The Morgan fingerprint density at radius 2 is 1.96 bits per heavy atom. The summed E-state index contributed by atoms with van der Waals surface area (Å²) in [7, 11) is 5.88. The number of aldehydes is 1. The summed E-state index contributed by atoms with van der Waals surface area (Å²) >= 11 is 0. The van der Waals surface area contributed by atoms with Crippen LogP contribution in [-0.2, 0) is 9.47 Å². The standard InChI is InChI=1S/C16H20N2O6/c1-17-14(23-3)6-5-12(16(17)24-4)10-7-11(9-19)15(20)13(8-10)18(2,21)22/h5-9,14,21-22H,1-4H3/p+1. The van der Waals surface area contributed by atoms with Gasteiger partial charge in [-0.2, -0.15) is 10.4 Å². The van der Waals surface area contributed by atoms with Crippen molar-refractivity contribution in [2.24, 2.45) is 0 Å². The highest BCUT2D eigenvalue weighted by Crippen LogP contribution is 2.37. The highest BCUT2D eigenvalue weighted by atomic mass is 16.8. The number of aromatic hydroxyl groups is 1. The topological polar surface area (TPSA) is 99.5 Å². The fourth-order valence-electron chi connectivity index (χ4n) is 2.60. The number of phenolic OH excluding ortho intramolecular Hbond substituents is 1. The maximum atomic E-state index is 11.2. The molecule has 1 aliphatic heterocycles. The largest absolute Gasteiger partial charge is 0.502 e. The lowest BCUT2D eigenvalue weighted by Gasteiger charge is -2.32. The van der Waals surface area contributed by atoms with Crippen molar-refractivity contribution in [2.75, 3.05) is 28.3 Å². The van der Waals surface area contributed by atoms with Crippen LogP contribution in [-0.4, -0.2) is 61.2 Å². The highest BCUT2D eigenvalue weighted by molar-refractivity contribution is 5.88. The number of phenols is 1. The number of methoxy groups -OCH3 is 2. The number of carbonyl (C=O) groups excluding carboxylic acids is 1. The van der Waals surface area contributed by atoms with Crippen molar-refractivity contribution in [3.8, 4) is 5.75 Å². The van der Waals surface area contributed by atoms with Gasteiger partial charge in [0, 0.05) is 25.8 Å². The van der Waals surface area contributed by atoms with Gasteiger partial charge in [0.2, 0.25) is 5.69 Å². The Balaban J connectivity index is 2.68. The van der Waals surface area contributed by atoms with E-state index >= 15 is 0 Å². The van der Waals surface area contributed by atoms with Crippen LogP contribution in [0.15, 0.2) is 30.2 Å². The fourth-order valence-corrected chi connectivity index (χ4v) is 2.60. The molecule has 1 heterocycles. The lowest BCUT2D eigenvalue weighted by atomic mass is 9.99. The predicted molar refractivity (Wildman–Crippen MR) is 86.4 cm³/mol. The summed E-state index contributed by atoms with van der Waals surface area (Å²) in [5.74, 6) is -0.0216. The minimum Gasteiger partial charge on any atom is -0.502 e. The molecule has 3 N–H and O–H groups in total. The molecule has 8 heteroatoms. The van der Waals surface area contributed by atoms with Crippen LogP contribution in [0, 0.1) is 0 Å². The van der Waals surface area contributed by atoms with Crippen LogP contribution in [0.2, 0.25) is 0 Å². The van der Waals surface area contributed by atoms with E-state index in [0.717, 1.165) is 7.05 Å². The number of hydroxylamine groups is 2. The lowest BCUT2D eigenvalue weighted by molar-refractivity contribution is -0.272. The van der Waals surface area contributed by atoms with Gasteiger partial charge in [0.05, 0.1) is 12.7 Å². The van der Waals surface area contributed by atoms with Crippen LogP contribution in [0.4, 0.5) is 5.69 Å². The van der Waals surface area contributed by atoms with Crippen molar-refractivity contribution in [1.82, 2.24) is 9.71 Å². The number of hydrogen-bond acceptors (Lipinski definition) is 7. The van der Waals surface area contributed by atoms with Gasteiger partial charge in [-0.15, -0.1) is 0 Å². The number of carbonyl (C=O) groups is 1. The third-order valence-electron chi connectivity index (χ3n) is 3.81. The maximum Gasteiger partial charge on any atom is 0.242 e. The zero-order chi connectivity index (χ0) is 18.1. The summed E-state index contributed by atoms with van der Waals surface area (Å²) in [6.07, 6.45) is 3.66. The van der Waals surface area contributed by atoms with Gasteiger partial charge < -0.3 is 19.5 Å². The van der Waals surface area contributed by atoms with Gasteiger partial charge in [0.15, 0.2) is 24.1 Å². The maximum absolute atomic E-state index is 11.2. The van der Waals surface area contributed by atoms with Crippen LogP contribution in [0.3, 0.4) is 0 Å². The molecule has 0 bridgehead atoms. The summed E-state index contributed by atoms with van der Waals surface area (Å²) in [4.78, 5) is 11.4. The third-order valence-corrected chi connectivity index (χ3v) is 3.81. The van der Waals surface area contributed by atoms with Gasteiger partial charge in [-0.3, -0.25) is 4.79 Å². The first-order valence-electron chi connectivity index (χ1n) is 7.11. The summed E-state index contributed by atoms with van der Waals surface area (Å²) in [6.45, 7) is 0. The number of rotatable bonds is 5. The number of quaternary nitrogens is 1. The van der Waals surface area contributed by atoms with Crippen LogP contribution in [0.5, 0.6) is 5.75 Å². The van der Waals surface area contributed by atoms with E-state index < -0.39 is 10.6 Å². The number of ether oxygens (including phenoxy) is 2. The minimum absolute atomic E-state index is 0.0668. The van der Waals surface area contributed by atoms with Crippen molar-refractivity contribution >= 4 is 17.5 Å². The Bertz CT molecular complexity index is 705. The Morgan fingerprint density at radius 1 is 1.29 bits per heavy atom. The summed E-state index contributed by atoms with van der Waals surface area (Å²) in [6, 6.07) is 2.82. The van der Waals surface area contributed by atoms with Gasteiger partial charge in [-0.05, 0) is 28.6 Å². The van der Waals surface area contributed by atoms with E-state index in [2.05, 4.69) is 0 Å². The molecule has 1 unspecified atom stereocenters. The normalized spacial score (nSPS) is 18.1. The van der Waals surface area contributed by atoms with E-state index in [-0.39, 0.29) is 17.5 Å². The first-order valence-corrected chi connectivity index (χ1v) is 7.11. The van der Waals surface area contributed by atoms with Crippen molar-refractivity contribution < 1.29 is 29.8 Å². The highest BCUT2D eigenvalue weighted by Gasteiger charge is 2.30. The molecule has 1 aromatic carbocycles. The van der Waals surface area contributed by atoms with Gasteiger partial charge in [-0.25, -0.2) is 0 Å². The molecule has 0 saturated carbocycles. The molecule has 0 aliphatic carbocycles. The molecular formula is C16H21N2O6+. The average molecular weight is 337 g/mol. The number of hydrogen-bond donors (Lipinski definition) is 3. The third kappa shape index (κ3) is 3.13. The number of nitrogens with zero attached hydrogens (tertiary/aromatic N) is 2. The molecule has 1 atom stereocenters. The Hall–Kier alpha value is -2.39. The summed E-state index contributed by atoms with van der Waals surface area (Å²) in [5, 5.41) is 29.6. The number of benzene rings is 1. The molecule has 1 aromatic rings. The van der Waals surface area contributed by atoms with Gasteiger partial charge in [0.25, 0.3) is 0 Å². The predicted octanol–water partition coefficient (Wildman–Crippen LogP) is 1.71. The Morgan fingerprint density at radius 3 is 2.46 bits per heavy atom. The molecule has 24 heavy (non-hydrogen) atoms. The zero-order valence-electron chi connectivity index (χ0n) is 13.9. The van der Waals surface area contributed by atoms with Crippen LogP contribution < -0.4 is 4.81 Å². The number of likely N-dealkylation sites (N-methyl/N-ethyl adjacent to an activating group) is 1. The van der Waals surface area contributed by atoms with Crippen LogP contribution in [0.1, 0.15) is 15.9 Å². The Labute approximate surface area is 139 Å². The molecular weight excluding hydrogens is 316 g/mol. The quantitative estimate of drug-likeness (QED) is 0.427. The number of allylic oxidation sites excluding steroid dienone is 2. The second-order valence-electron chi connectivity index (χ2n) is 5.48. The minimum atomic E-state index is -1.61. The van der Waals surface area contributed by atoms with Crippen molar-refractivity contribution in [3.63, 3.8) is 0 Å². The summed E-state index contributed by atoms with van der Waals surface area (Å²) < 4.78 is 10.7. The van der Waals surface area contributed by atoms with E-state index in [1.807, 2.05) is 0 Å². The lowest BCUT2D eigenvalue weighted by Crippen LogP contribution is -2.37. The SMILES string of the molecule is COC1=C(c2cc(C=O)c(O)c([N+](C)(O)O)c2)C=CC(OC)N1C. The van der Waals surface area contributed by atoms with E-state index in [4.69, 9.17) is 9.47 Å². The van der Waals surface area contributed by atoms with Crippen molar-refractivity contribution in [1.29, 1.82) is 0 Å². The molecule has 2 rings (SSSR count). The van der Waals surface area contributed by atoms with Gasteiger partial charge in [0.1, 0.15) is 7.05 Å². The smallest absolute Gasteiger partial charge is 0.242 e. The van der Waals surface area contributed by atoms with Crippen molar-refractivity contribution in [2.45, 2.75) is 6.23 Å².